The smallest absolute Gasteiger partial charge is 0.338 e. The zero-order valence-corrected chi connectivity index (χ0v) is 16.0. The van der Waals surface area contributed by atoms with Crippen LogP contribution in [0.25, 0.3) is 10.8 Å². The number of methoxy groups -OCH3 is 1. The SMILES string of the molecule is CCOC(=O)C1=C(C)N(CC)C(=O)N[C@@H]1c1ccc2cc(OC)ccc2c1. The molecule has 1 aliphatic rings. The van der Waals surface area contributed by atoms with Gasteiger partial charge in [-0.15, -0.1) is 0 Å². The van der Waals surface area contributed by atoms with Gasteiger partial charge in [-0.3, -0.25) is 4.90 Å². The van der Waals surface area contributed by atoms with Crippen molar-refractivity contribution in [1.29, 1.82) is 0 Å². The molecular formula is C21H24N2O4. The van der Waals surface area contributed by atoms with Gasteiger partial charge in [-0.25, -0.2) is 9.59 Å². The summed E-state index contributed by atoms with van der Waals surface area (Å²) in [7, 11) is 1.63. The molecule has 0 fully saturated rings. The molecule has 3 rings (SSSR count). The number of carbonyl (C=O) groups excluding carboxylic acids is 2. The zero-order valence-electron chi connectivity index (χ0n) is 16.0. The number of hydrogen-bond acceptors (Lipinski definition) is 4. The zero-order chi connectivity index (χ0) is 19.6. The highest BCUT2D eigenvalue weighted by Gasteiger charge is 2.35. The average molecular weight is 368 g/mol. The monoisotopic (exact) mass is 368 g/mol. The van der Waals surface area contributed by atoms with Crippen molar-refractivity contribution in [2.45, 2.75) is 26.8 Å². The van der Waals surface area contributed by atoms with E-state index in [9.17, 15) is 9.59 Å². The van der Waals surface area contributed by atoms with Crippen LogP contribution < -0.4 is 10.1 Å². The standard InChI is InChI=1S/C21H24N2O4/c1-5-23-13(3)18(20(24)27-6-2)19(22-21(23)25)16-8-7-15-12-17(26-4)10-9-14(15)11-16/h7-12,19H,5-6H2,1-4H3,(H,22,25)/t19-/m1/s1. The van der Waals surface area contributed by atoms with Gasteiger partial charge < -0.3 is 14.8 Å². The first-order valence-electron chi connectivity index (χ1n) is 9.03. The Morgan fingerprint density at radius 3 is 2.52 bits per heavy atom. The highest BCUT2D eigenvalue weighted by Crippen LogP contribution is 2.33. The maximum Gasteiger partial charge on any atom is 0.338 e. The third kappa shape index (κ3) is 3.47. The molecule has 142 valence electrons. The van der Waals surface area contributed by atoms with E-state index >= 15 is 0 Å². The molecular weight excluding hydrogens is 344 g/mol. The number of nitrogens with zero attached hydrogens (tertiary/aromatic N) is 1. The molecule has 1 heterocycles. The first-order valence-corrected chi connectivity index (χ1v) is 9.03. The van der Waals surface area contributed by atoms with Crippen LogP contribution in [0.3, 0.4) is 0 Å². The van der Waals surface area contributed by atoms with Gasteiger partial charge in [0, 0.05) is 12.2 Å². The highest BCUT2D eigenvalue weighted by atomic mass is 16.5. The number of fused-ring (bicyclic) bond motifs is 1. The molecule has 27 heavy (non-hydrogen) atoms. The van der Waals surface area contributed by atoms with E-state index in [2.05, 4.69) is 5.32 Å². The number of rotatable bonds is 5. The third-order valence-corrected chi connectivity index (χ3v) is 4.81. The molecule has 0 saturated heterocycles. The van der Waals surface area contributed by atoms with E-state index in [1.165, 1.54) is 0 Å². The van der Waals surface area contributed by atoms with Crippen molar-refractivity contribution >= 4 is 22.8 Å². The number of ether oxygens (including phenoxy) is 2. The lowest BCUT2D eigenvalue weighted by Crippen LogP contribution is -2.47. The summed E-state index contributed by atoms with van der Waals surface area (Å²) in [5.41, 5.74) is 1.92. The van der Waals surface area contributed by atoms with Crippen molar-refractivity contribution in [1.82, 2.24) is 10.2 Å². The van der Waals surface area contributed by atoms with E-state index < -0.39 is 12.0 Å². The second-order valence-electron chi connectivity index (χ2n) is 6.32. The van der Waals surface area contributed by atoms with Crippen molar-refractivity contribution in [3.8, 4) is 5.75 Å². The summed E-state index contributed by atoms with van der Waals surface area (Å²) in [6.07, 6.45) is 0. The Bertz CT molecular complexity index is 920. The van der Waals surface area contributed by atoms with E-state index in [1.54, 1.807) is 25.9 Å². The molecule has 2 aromatic carbocycles. The van der Waals surface area contributed by atoms with Crippen LogP contribution >= 0.6 is 0 Å². The molecule has 1 aliphatic heterocycles. The van der Waals surface area contributed by atoms with E-state index in [1.807, 2.05) is 43.3 Å². The maximum atomic E-state index is 12.6. The van der Waals surface area contributed by atoms with Gasteiger partial charge in [0.15, 0.2) is 0 Å². The normalized spacial score (nSPS) is 17.1. The molecule has 0 radical (unpaired) electrons. The fraction of sp³-hybridized carbons (Fsp3) is 0.333. The van der Waals surface area contributed by atoms with Crippen LogP contribution in [0.5, 0.6) is 5.75 Å². The minimum Gasteiger partial charge on any atom is -0.497 e. The van der Waals surface area contributed by atoms with Crippen molar-refractivity contribution in [2.24, 2.45) is 0 Å². The fourth-order valence-corrected chi connectivity index (χ4v) is 3.43. The average Bonchev–Trinajstić information content (AvgIpc) is 2.67. The molecule has 0 spiro atoms. The van der Waals surface area contributed by atoms with Crippen LogP contribution in [0.1, 0.15) is 32.4 Å². The summed E-state index contributed by atoms with van der Waals surface area (Å²) in [4.78, 5) is 26.7. The van der Waals surface area contributed by atoms with Crippen LogP contribution in [0, 0.1) is 0 Å². The number of hydrogen-bond donors (Lipinski definition) is 1. The summed E-state index contributed by atoms with van der Waals surface area (Å²) < 4.78 is 10.5. The summed E-state index contributed by atoms with van der Waals surface area (Å²) in [5, 5.41) is 4.97. The molecule has 0 aromatic heterocycles. The third-order valence-electron chi connectivity index (χ3n) is 4.81. The molecule has 1 atom stereocenters. The van der Waals surface area contributed by atoms with Crippen LogP contribution in [-0.2, 0) is 9.53 Å². The molecule has 0 unspecified atom stereocenters. The number of nitrogens with one attached hydrogen (secondary N) is 1. The van der Waals surface area contributed by atoms with E-state index in [0.29, 0.717) is 17.8 Å². The maximum absolute atomic E-state index is 12.6. The van der Waals surface area contributed by atoms with Gasteiger partial charge in [0.25, 0.3) is 0 Å². The fourth-order valence-electron chi connectivity index (χ4n) is 3.43. The molecule has 6 heteroatoms. The summed E-state index contributed by atoms with van der Waals surface area (Å²) in [6, 6.07) is 10.9. The second kappa shape index (κ2) is 7.70. The first kappa shape index (κ1) is 18.8. The van der Waals surface area contributed by atoms with Crippen molar-refractivity contribution in [2.75, 3.05) is 20.3 Å². The molecule has 2 amide bonds. The van der Waals surface area contributed by atoms with Crippen molar-refractivity contribution in [3.05, 3.63) is 53.2 Å². The topological polar surface area (TPSA) is 67.9 Å². The number of allylic oxidation sites excluding steroid dienone is 1. The van der Waals surface area contributed by atoms with Crippen molar-refractivity contribution < 1.29 is 19.1 Å². The largest absolute Gasteiger partial charge is 0.497 e. The number of carbonyl (C=O) groups is 2. The van der Waals surface area contributed by atoms with Gasteiger partial charge in [0.05, 0.1) is 25.3 Å². The lowest BCUT2D eigenvalue weighted by molar-refractivity contribution is -0.139. The van der Waals surface area contributed by atoms with Gasteiger partial charge in [-0.2, -0.15) is 0 Å². The van der Waals surface area contributed by atoms with E-state index in [4.69, 9.17) is 9.47 Å². The Balaban J connectivity index is 2.09. The van der Waals surface area contributed by atoms with Gasteiger partial charge in [0.2, 0.25) is 0 Å². The van der Waals surface area contributed by atoms with Gasteiger partial charge in [0.1, 0.15) is 5.75 Å². The Kier molecular flexibility index (Phi) is 5.35. The van der Waals surface area contributed by atoms with Crippen LogP contribution in [-0.4, -0.2) is 37.2 Å². The lowest BCUT2D eigenvalue weighted by atomic mass is 9.93. The first-order chi connectivity index (χ1) is 13.0. The number of benzene rings is 2. The second-order valence-corrected chi connectivity index (χ2v) is 6.32. The molecule has 0 aliphatic carbocycles. The number of esters is 1. The summed E-state index contributed by atoms with van der Waals surface area (Å²) in [5.74, 6) is 0.371. The van der Waals surface area contributed by atoms with Gasteiger partial charge in [-0.1, -0.05) is 18.2 Å². The minimum absolute atomic E-state index is 0.220. The molecule has 0 saturated carbocycles. The van der Waals surface area contributed by atoms with E-state index in [-0.39, 0.29) is 12.6 Å². The van der Waals surface area contributed by atoms with Crippen LogP contribution in [0.4, 0.5) is 4.79 Å². The molecule has 2 aromatic rings. The number of amides is 2. The molecule has 1 N–H and O–H groups in total. The Hall–Kier alpha value is -3.02. The van der Waals surface area contributed by atoms with Crippen LogP contribution in [0.2, 0.25) is 0 Å². The number of urea groups is 1. The summed E-state index contributed by atoms with van der Waals surface area (Å²) in [6.45, 7) is 6.18. The Morgan fingerprint density at radius 1 is 1.15 bits per heavy atom. The minimum atomic E-state index is -0.550. The lowest BCUT2D eigenvalue weighted by Gasteiger charge is -2.34. The molecule has 6 nitrogen and oxygen atoms in total. The molecule has 0 bridgehead atoms. The summed E-state index contributed by atoms with van der Waals surface area (Å²) >= 11 is 0. The highest BCUT2D eigenvalue weighted by molar-refractivity contribution is 5.95. The predicted octanol–water partition coefficient (Wildman–Crippen LogP) is 3.77. The Labute approximate surface area is 158 Å². The Morgan fingerprint density at radius 2 is 1.85 bits per heavy atom. The quantitative estimate of drug-likeness (QED) is 0.816. The van der Waals surface area contributed by atoms with Gasteiger partial charge in [-0.05, 0) is 55.3 Å². The van der Waals surface area contributed by atoms with Gasteiger partial charge >= 0.3 is 12.0 Å². The predicted molar refractivity (Wildman–Crippen MR) is 103 cm³/mol. The van der Waals surface area contributed by atoms with Crippen LogP contribution in [0.15, 0.2) is 47.7 Å². The van der Waals surface area contributed by atoms with Crippen molar-refractivity contribution in [3.63, 3.8) is 0 Å². The van der Waals surface area contributed by atoms with E-state index in [0.717, 1.165) is 22.1 Å².